The van der Waals surface area contributed by atoms with Crippen molar-refractivity contribution in [3.63, 3.8) is 0 Å². The quantitative estimate of drug-likeness (QED) is 0.285. The first kappa shape index (κ1) is 29.0. The van der Waals surface area contributed by atoms with Crippen molar-refractivity contribution in [2.75, 3.05) is 6.61 Å². The molecule has 1 aliphatic rings. The van der Waals surface area contributed by atoms with Crippen LogP contribution in [0.15, 0.2) is 66.7 Å². The van der Waals surface area contributed by atoms with Gasteiger partial charge in [-0.2, -0.15) is 0 Å². The second-order valence-electron chi connectivity index (χ2n) is 10.3. The Morgan fingerprint density at radius 2 is 1.67 bits per heavy atom. The van der Waals surface area contributed by atoms with Gasteiger partial charge in [0, 0.05) is 19.0 Å². The third-order valence-electron chi connectivity index (χ3n) is 7.47. The van der Waals surface area contributed by atoms with Crippen LogP contribution in [0.25, 0.3) is 0 Å². The summed E-state index contributed by atoms with van der Waals surface area (Å²) in [6.45, 7) is 3.99. The Balaban J connectivity index is 1.64. The predicted molar refractivity (Wildman–Crippen MR) is 157 cm³/mol. The zero-order valence-electron chi connectivity index (χ0n) is 22.6. The van der Waals surface area contributed by atoms with Crippen molar-refractivity contribution >= 4 is 35.0 Å². The molecule has 0 radical (unpaired) electrons. The molecule has 3 aromatic carbocycles. The molecule has 1 N–H and O–H groups in total. The normalized spacial score (nSPS) is 14.5. The number of nitrogens with one attached hydrogen (secondary N) is 1. The molecule has 3 aromatic rings. The molecule has 0 spiro atoms. The molecule has 7 heteroatoms. The van der Waals surface area contributed by atoms with E-state index in [1.807, 2.05) is 68.4 Å². The van der Waals surface area contributed by atoms with Crippen LogP contribution in [-0.2, 0) is 22.6 Å². The third kappa shape index (κ3) is 8.00. The van der Waals surface area contributed by atoms with Crippen LogP contribution >= 0.6 is 23.2 Å². The molecule has 1 saturated carbocycles. The summed E-state index contributed by atoms with van der Waals surface area (Å²) in [6, 6.07) is 20.3. The van der Waals surface area contributed by atoms with Crippen LogP contribution in [0.3, 0.4) is 0 Å². The van der Waals surface area contributed by atoms with Crippen LogP contribution in [0.5, 0.6) is 5.75 Å². The van der Waals surface area contributed by atoms with E-state index in [9.17, 15) is 9.59 Å². The van der Waals surface area contributed by atoms with Crippen molar-refractivity contribution in [1.82, 2.24) is 10.2 Å². The summed E-state index contributed by atoms with van der Waals surface area (Å²) in [7, 11) is 0. The first-order chi connectivity index (χ1) is 18.8. The average molecular weight is 568 g/mol. The molecular weight excluding hydrogens is 531 g/mol. The van der Waals surface area contributed by atoms with Crippen molar-refractivity contribution in [1.29, 1.82) is 0 Å². The number of amides is 2. The first-order valence-corrected chi connectivity index (χ1v) is 14.3. The van der Waals surface area contributed by atoms with E-state index in [-0.39, 0.29) is 31.0 Å². The van der Waals surface area contributed by atoms with Gasteiger partial charge in [0.1, 0.15) is 11.8 Å². The number of carbonyl (C=O) groups is 2. The average Bonchev–Trinajstić information content (AvgIpc) is 2.94. The second-order valence-corrected chi connectivity index (χ2v) is 11.1. The number of rotatable bonds is 10. The number of halogens is 2. The number of carbonyl (C=O) groups excluding carboxylic acids is 2. The summed E-state index contributed by atoms with van der Waals surface area (Å²) in [5.41, 5.74) is 3.83. The minimum atomic E-state index is -0.724. The molecule has 0 aliphatic heterocycles. The molecule has 0 saturated heterocycles. The Bertz CT molecular complexity index is 1280. The molecule has 0 unspecified atom stereocenters. The van der Waals surface area contributed by atoms with Gasteiger partial charge in [-0.3, -0.25) is 9.59 Å². The van der Waals surface area contributed by atoms with Crippen molar-refractivity contribution in [3.05, 3.63) is 99.0 Å². The summed E-state index contributed by atoms with van der Waals surface area (Å²) >= 11 is 12.5. The molecule has 1 fully saturated rings. The maximum atomic E-state index is 13.9. The molecule has 4 rings (SSSR count). The lowest BCUT2D eigenvalue weighted by molar-refractivity contribution is -0.143. The number of ether oxygens (including phenoxy) is 1. The van der Waals surface area contributed by atoms with Gasteiger partial charge in [0.15, 0.2) is 6.61 Å². The fourth-order valence-electron chi connectivity index (χ4n) is 5.04. The van der Waals surface area contributed by atoms with E-state index in [0.717, 1.165) is 47.9 Å². The largest absolute Gasteiger partial charge is 0.483 e. The summed E-state index contributed by atoms with van der Waals surface area (Å²) < 4.78 is 6.00. The number of hydrogen-bond acceptors (Lipinski definition) is 3. The van der Waals surface area contributed by atoms with E-state index in [1.54, 1.807) is 17.0 Å². The maximum absolute atomic E-state index is 13.9. The highest BCUT2D eigenvalue weighted by atomic mass is 35.5. The topological polar surface area (TPSA) is 58.6 Å². The highest BCUT2D eigenvalue weighted by Crippen LogP contribution is 2.26. The maximum Gasteiger partial charge on any atom is 0.261 e. The Labute approximate surface area is 241 Å². The number of hydrogen-bond donors (Lipinski definition) is 1. The number of nitrogens with zero attached hydrogens (tertiary/aromatic N) is 1. The molecule has 1 atom stereocenters. The molecule has 0 bridgehead atoms. The Morgan fingerprint density at radius 1 is 0.923 bits per heavy atom. The monoisotopic (exact) mass is 566 g/mol. The lowest BCUT2D eigenvalue weighted by Crippen LogP contribution is -2.53. The first-order valence-electron chi connectivity index (χ1n) is 13.6. The van der Waals surface area contributed by atoms with Crippen molar-refractivity contribution < 1.29 is 14.3 Å². The van der Waals surface area contributed by atoms with Crippen molar-refractivity contribution in [2.45, 2.75) is 71.0 Å². The van der Waals surface area contributed by atoms with Gasteiger partial charge >= 0.3 is 0 Å². The van der Waals surface area contributed by atoms with Gasteiger partial charge in [-0.25, -0.2) is 0 Å². The van der Waals surface area contributed by atoms with Crippen LogP contribution in [0.4, 0.5) is 0 Å². The van der Waals surface area contributed by atoms with Gasteiger partial charge in [0.2, 0.25) is 5.91 Å². The molecular formula is C32H36Cl2N2O3. The zero-order chi connectivity index (χ0) is 27.8. The summed E-state index contributed by atoms with van der Waals surface area (Å²) in [4.78, 5) is 29.3. The van der Waals surface area contributed by atoms with Gasteiger partial charge in [-0.05, 0) is 67.1 Å². The molecule has 0 heterocycles. The van der Waals surface area contributed by atoms with Crippen LogP contribution in [0.2, 0.25) is 10.0 Å². The summed E-state index contributed by atoms with van der Waals surface area (Å²) in [5, 5.41) is 4.09. The molecule has 1 aliphatic carbocycles. The van der Waals surface area contributed by atoms with Gasteiger partial charge in [0.05, 0.1) is 10.0 Å². The van der Waals surface area contributed by atoms with Gasteiger partial charge in [-0.15, -0.1) is 0 Å². The minimum Gasteiger partial charge on any atom is -0.483 e. The highest BCUT2D eigenvalue weighted by Gasteiger charge is 2.32. The van der Waals surface area contributed by atoms with Crippen molar-refractivity contribution in [2.24, 2.45) is 0 Å². The van der Waals surface area contributed by atoms with Gasteiger partial charge in [-0.1, -0.05) is 91.0 Å². The number of benzene rings is 3. The smallest absolute Gasteiger partial charge is 0.261 e. The molecule has 39 heavy (non-hydrogen) atoms. The number of aryl methyl sites for hydroxylation is 1. The predicted octanol–water partition coefficient (Wildman–Crippen LogP) is 7.08. The van der Waals surface area contributed by atoms with E-state index in [0.29, 0.717) is 22.2 Å². The lowest BCUT2D eigenvalue weighted by Gasteiger charge is -2.33. The summed E-state index contributed by atoms with van der Waals surface area (Å²) in [5.74, 6) is 0.233. The van der Waals surface area contributed by atoms with E-state index in [4.69, 9.17) is 27.9 Å². The van der Waals surface area contributed by atoms with Gasteiger partial charge < -0.3 is 15.0 Å². The molecule has 5 nitrogen and oxygen atoms in total. The fourth-order valence-corrected chi connectivity index (χ4v) is 5.36. The van der Waals surface area contributed by atoms with Crippen LogP contribution < -0.4 is 10.1 Å². The minimum absolute atomic E-state index is 0.123. The standard InChI is InChI=1S/C32H36Cl2N2O3/c1-22-10-9-15-30(23(22)2)39-21-31(37)36(20-25-16-17-27(33)28(34)18-25)29(19-24-11-5-3-6-12-24)32(38)35-26-13-7-4-8-14-26/h3,5-6,9-12,15-18,26,29H,4,7-8,13-14,19-21H2,1-2H3,(H,35,38)/t29-/m1/s1. The van der Waals surface area contributed by atoms with Crippen molar-refractivity contribution in [3.8, 4) is 5.75 Å². The Morgan fingerprint density at radius 3 is 2.38 bits per heavy atom. The van der Waals surface area contributed by atoms with Crippen LogP contribution in [0.1, 0.15) is 54.4 Å². The van der Waals surface area contributed by atoms with E-state index >= 15 is 0 Å². The molecule has 2 amide bonds. The Hall–Kier alpha value is -3.02. The fraction of sp³-hybridized carbons (Fsp3) is 0.375. The van der Waals surface area contributed by atoms with Crippen LogP contribution in [-0.4, -0.2) is 35.4 Å². The van der Waals surface area contributed by atoms with E-state index in [2.05, 4.69) is 5.32 Å². The van der Waals surface area contributed by atoms with Crippen LogP contribution in [0, 0.1) is 13.8 Å². The summed E-state index contributed by atoms with van der Waals surface area (Å²) in [6.07, 6.45) is 5.70. The van der Waals surface area contributed by atoms with Gasteiger partial charge in [0.25, 0.3) is 5.91 Å². The second kappa shape index (κ2) is 13.9. The lowest BCUT2D eigenvalue weighted by atomic mass is 9.94. The highest BCUT2D eigenvalue weighted by molar-refractivity contribution is 6.42. The van der Waals surface area contributed by atoms with E-state index < -0.39 is 6.04 Å². The zero-order valence-corrected chi connectivity index (χ0v) is 24.1. The molecule has 206 valence electrons. The van der Waals surface area contributed by atoms with E-state index in [1.165, 1.54) is 6.42 Å². The molecule has 0 aromatic heterocycles. The SMILES string of the molecule is Cc1cccc(OCC(=O)N(Cc2ccc(Cl)c(Cl)c2)[C@H](Cc2ccccc2)C(=O)NC2CCCCC2)c1C. The third-order valence-corrected chi connectivity index (χ3v) is 8.20. The Kier molecular flexibility index (Phi) is 10.3.